The van der Waals surface area contributed by atoms with Crippen molar-refractivity contribution < 1.29 is 0 Å². The average Bonchev–Trinajstić information content (AvgIpc) is 2.04. The van der Waals surface area contributed by atoms with E-state index in [-0.39, 0.29) is 0 Å². The molecular weight excluding hydrogens is 166 g/mol. The highest BCUT2D eigenvalue weighted by Crippen LogP contribution is 2.19. The fourth-order valence-corrected chi connectivity index (χ4v) is 1.45. The van der Waals surface area contributed by atoms with Crippen LogP contribution in [0.15, 0.2) is 15.6 Å². The minimum atomic E-state index is 1.04. The molecule has 0 rings (SSSR count). The van der Waals surface area contributed by atoms with Crippen molar-refractivity contribution in [1.82, 2.24) is 0 Å². The summed E-state index contributed by atoms with van der Waals surface area (Å²) in [6.07, 6.45) is 1.04. The lowest BCUT2D eigenvalue weighted by Gasteiger charge is -2.02. The van der Waals surface area contributed by atoms with Gasteiger partial charge in [0.15, 0.2) is 0 Å². The first-order chi connectivity index (χ1) is 5.61. The van der Waals surface area contributed by atoms with Crippen molar-refractivity contribution in [2.24, 2.45) is 4.99 Å². The van der Waals surface area contributed by atoms with Gasteiger partial charge in [0.1, 0.15) is 0 Å². The molecule has 0 saturated carbocycles. The molecule has 0 aromatic heterocycles. The van der Waals surface area contributed by atoms with Gasteiger partial charge in [-0.1, -0.05) is 13.8 Å². The molecule has 12 heavy (non-hydrogen) atoms. The Morgan fingerprint density at radius 3 is 2.17 bits per heavy atom. The molecule has 0 aromatic carbocycles. The second-order valence-electron chi connectivity index (χ2n) is 2.78. The van der Waals surface area contributed by atoms with Crippen LogP contribution in [0.1, 0.15) is 41.0 Å². The zero-order valence-electron chi connectivity index (χ0n) is 8.77. The molecule has 0 fully saturated rings. The maximum atomic E-state index is 4.49. The van der Waals surface area contributed by atoms with Gasteiger partial charge in [-0.25, -0.2) is 0 Å². The van der Waals surface area contributed by atoms with Gasteiger partial charge < -0.3 is 0 Å². The third-order valence-corrected chi connectivity index (χ3v) is 2.76. The molecule has 0 aromatic rings. The molecule has 0 aliphatic heterocycles. The summed E-state index contributed by atoms with van der Waals surface area (Å²) in [7, 11) is 0. The summed E-state index contributed by atoms with van der Waals surface area (Å²) in [4.78, 5) is 5.83. The van der Waals surface area contributed by atoms with Gasteiger partial charge in [-0.05, 0) is 32.9 Å². The summed E-state index contributed by atoms with van der Waals surface area (Å²) >= 11 is 1.86. The minimum Gasteiger partial charge on any atom is -0.262 e. The van der Waals surface area contributed by atoms with E-state index in [1.807, 2.05) is 11.8 Å². The van der Waals surface area contributed by atoms with Crippen LogP contribution in [-0.4, -0.2) is 11.5 Å². The highest BCUT2D eigenvalue weighted by Gasteiger charge is 1.94. The van der Waals surface area contributed by atoms with Gasteiger partial charge in [0.25, 0.3) is 0 Å². The van der Waals surface area contributed by atoms with Crippen LogP contribution in [0.4, 0.5) is 0 Å². The van der Waals surface area contributed by atoms with Gasteiger partial charge in [-0.15, -0.1) is 11.8 Å². The maximum Gasteiger partial charge on any atom is 0.0463 e. The summed E-state index contributed by atoms with van der Waals surface area (Å²) < 4.78 is 0. The molecule has 0 spiro atoms. The van der Waals surface area contributed by atoms with Gasteiger partial charge in [-0.2, -0.15) is 0 Å². The summed E-state index contributed by atoms with van der Waals surface area (Å²) in [5.41, 5.74) is 2.38. The Balaban J connectivity index is 4.34. The third-order valence-electron chi connectivity index (χ3n) is 1.74. The van der Waals surface area contributed by atoms with Crippen LogP contribution in [0.3, 0.4) is 0 Å². The van der Waals surface area contributed by atoms with E-state index in [9.17, 15) is 0 Å². The van der Waals surface area contributed by atoms with Crippen LogP contribution in [0.2, 0.25) is 0 Å². The molecule has 0 atom stereocenters. The standard InChI is InChI=1S/C10H19NS/c1-6-8(3)11-9(4)10(5)12-7-2/h6-7H2,1-5H3. The van der Waals surface area contributed by atoms with E-state index in [1.54, 1.807) is 0 Å². The van der Waals surface area contributed by atoms with Crippen molar-refractivity contribution in [3.63, 3.8) is 0 Å². The first-order valence-corrected chi connectivity index (χ1v) is 5.44. The van der Waals surface area contributed by atoms with Crippen LogP contribution in [0.25, 0.3) is 0 Å². The molecule has 0 amide bonds. The largest absolute Gasteiger partial charge is 0.262 e. The average molecular weight is 185 g/mol. The van der Waals surface area contributed by atoms with Crippen molar-refractivity contribution >= 4 is 17.5 Å². The van der Waals surface area contributed by atoms with Crippen LogP contribution in [-0.2, 0) is 0 Å². The first kappa shape index (κ1) is 11.8. The topological polar surface area (TPSA) is 12.4 Å². The molecule has 0 aliphatic rings. The fourth-order valence-electron chi connectivity index (χ4n) is 0.765. The first-order valence-electron chi connectivity index (χ1n) is 4.46. The second kappa shape index (κ2) is 6.30. The van der Waals surface area contributed by atoms with Crippen molar-refractivity contribution in [1.29, 1.82) is 0 Å². The van der Waals surface area contributed by atoms with Crippen LogP contribution in [0, 0.1) is 0 Å². The second-order valence-corrected chi connectivity index (χ2v) is 4.25. The Morgan fingerprint density at radius 1 is 1.17 bits per heavy atom. The number of allylic oxidation sites excluding steroid dienone is 2. The third kappa shape index (κ3) is 4.60. The molecule has 0 saturated heterocycles. The van der Waals surface area contributed by atoms with Crippen LogP contribution < -0.4 is 0 Å². The summed E-state index contributed by atoms with van der Waals surface area (Å²) in [5.74, 6) is 1.13. The maximum absolute atomic E-state index is 4.49. The van der Waals surface area contributed by atoms with Crippen molar-refractivity contribution in [3.8, 4) is 0 Å². The van der Waals surface area contributed by atoms with Gasteiger partial charge in [0.2, 0.25) is 0 Å². The number of nitrogens with zero attached hydrogens (tertiary/aromatic N) is 1. The quantitative estimate of drug-likeness (QED) is 0.606. The molecule has 0 N–H and O–H groups in total. The molecular formula is C10H19NS. The molecule has 0 unspecified atom stereocenters. The van der Waals surface area contributed by atoms with Gasteiger partial charge in [-0.3, -0.25) is 4.99 Å². The predicted octanol–water partition coefficient (Wildman–Crippen LogP) is 3.86. The summed E-state index contributed by atoms with van der Waals surface area (Å²) in [6, 6.07) is 0. The Labute approximate surface area is 80.4 Å². The molecule has 0 aliphatic carbocycles. The highest BCUT2D eigenvalue weighted by atomic mass is 32.2. The number of rotatable bonds is 4. The van der Waals surface area contributed by atoms with E-state index in [0.29, 0.717) is 0 Å². The Hall–Kier alpha value is -0.240. The van der Waals surface area contributed by atoms with E-state index in [0.717, 1.165) is 12.2 Å². The lowest BCUT2D eigenvalue weighted by molar-refractivity contribution is 1.19. The van der Waals surface area contributed by atoms with Gasteiger partial charge >= 0.3 is 0 Å². The van der Waals surface area contributed by atoms with Crippen molar-refractivity contribution in [2.75, 3.05) is 5.75 Å². The fraction of sp³-hybridized carbons (Fsp3) is 0.700. The van der Waals surface area contributed by atoms with E-state index < -0.39 is 0 Å². The zero-order chi connectivity index (χ0) is 9.56. The number of hydrogen-bond acceptors (Lipinski definition) is 2. The van der Waals surface area contributed by atoms with E-state index in [4.69, 9.17) is 0 Å². The predicted molar refractivity (Wildman–Crippen MR) is 59.9 cm³/mol. The number of thioether (sulfide) groups is 1. The van der Waals surface area contributed by atoms with E-state index >= 15 is 0 Å². The number of aliphatic imine (C=N–C) groups is 1. The monoisotopic (exact) mass is 185 g/mol. The van der Waals surface area contributed by atoms with Crippen LogP contribution >= 0.6 is 11.8 Å². The van der Waals surface area contributed by atoms with Gasteiger partial charge in [0.05, 0.1) is 0 Å². The molecule has 0 heterocycles. The van der Waals surface area contributed by atoms with Crippen molar-refractivity contribution in [3.05, 3.63) is 10.6 Å². The molecule has 1 nitrogen and oxygen atoms in total. The molecule has 2 heteroatoms. The molecule has 0 radical (unpaired) electrons. The summed E-state index contributed by atoms with van der Waals surface area (Å²) in [5, 5.41) is 0. The summed E-state index contributed by atoms with van der Waals surface area (Å²) in [6.45, 7) is 10.6. The SMILES string of the molecule is CCSC(C)=C(C)N=C(C)CC. The minimum absolute atomic E-state index is 1.04. The molecule has 70 valence electrons. The lowest BCUT2D eigenvalue weighted by atomic mass is 10.3. The highest BCUT2D eigenvalue weighted by molar-refractivity contribution is 8.03. The normalized spacial score (nSPS) is 14.6. The smallest absolute Gasteiger partial charge is 0.0463 e. The Morgan fingerprint density at radius 2 is 1.75 bits per heavy atom. The van der Waals surface area contributed by atoms with Crippen LogP contribution in [0.5, 0.6) is 0 Å². The number of hydrogen-bond donors (Lipinski definition) is 0. The van der Waals surface area contributed by atoms with E-state index in [2.05, 4.69) is 39.6 Å². The van der Waals surface area contributed by atoms with Crippen molar-refractivity contribution in [2.45, 2.75) is 41.0 Å². The van der Waals surface area contributed by atoms with Gasteiger partial charge in [0, 0.05) is 16.3 Å². The van der Waals surface area contributed by atoms with E-state index in [1.165, 1.54) is 16.3 Å². The molecule has 0 bridgehead atoms. The zero-order valence-corrected chi connectivity index (χ0v) is 9.59. The Bertz CT molecular complexity index is 192. The Kier molecular flexibility index (Phi) is 6.17. The lowest BCUT2D eigenvalue weighted by Crippen LogP contribution is -1.88.